The maximum atomic E-state index is 13.3. The quantitative estimate of drug-likeness (QED) is 0.561. The molecular formula is C24H30N2O6. The average molecular weight is 443 g/mol. The van der Waals surface area contributed by atoms with E-state index in [0.29, 0.717) is 42.5 Å². The first kappa shape index (κ1) is 22.2. The molecule has 2 aliphatic rings. The molecule has 2 aliphatic heterocycles. The van der Waals surface area contributed by atoms with E-state index >= 15 is 0 Å². The van der Waals surface area contributed by atoms with Gasteiger partial charge in [-0.2, -0.15) is 0 Å². The van der Waals surface area contributed by atoms with Crippen LogP contribution in [0.4, 0.5) is 0 Å². The second-order valence-electron chi connectivity index (χ2n) is 8.14. The van der Waals surface area contributed by atoms with Crippen LogP contribution >= 0.6 is 0 Å². The van der Waals surface area contributed by atoms with Gasteiger partial charge in [0.2, 0.25) is 12.7 Å². The molecule has 0 radical (unpaired) electrons. The molecule has 1 aromatic carbocycles. The Morgan fingerprint density at radius 3 is 2.75 bits per heavy atom. The van der Waals surface area contributed by atoms with E-state index in [1.165, 1.54) is 0 Å². The molecule has 3 heterocycles. The lowest BCUT2D eigenvalue weighted by atomic mass is 10.1. The van der Waals surface area contributed by atoms with E-state index in [9.17, 15) is 9.59 Å². The van der Waals surface area contributed by atoms with Crippen molar-refractivity contribution in [1.82, 2.24) is 9.80 Å². The maximum Gasteiger partial charge on any atom is 0.254 e. The first-order chi connectivity index (χ1) is 15.6. The molecule has 0 spiro atoms. The SMILES string of the molecule is CCCCN(CC(=O)N(Cc1ccco1)CC1CCCO1)C(=O)c1ccc2c(c1)OCO2. The number of ether oxygens (including phenoxy) is 3. The molecule has 0 N–H and O–H groups in total. The highest BCUT2D eigenvalue weighted by Gasteiger charge is 2.27. The summed E-state index contributed by atoms with van der Waals surface area (Å²) in [5.41, 5.74) is 0.481. The topological polar surface area (TPSA) is 81.5 Å². The molecule has 1 fully saturated rings. The summed E-state index contributed by atoms with van der Waals surface area (Å²) in [5.74, 6) is 1.56. The van der Waals surface area contributed by atoms with Gasteiger partial charge in [-0.05, 0) is 49.6 Å². The number of furan rings is 1. The summed E-state index contributed by atoms with van der Waals surface area (Å²) in [6.07, 6.45) is 5.28. The molecule has 32 heavy (non-hydrogen) atoms. The van der Waals surface area contributed by atoms with Gasteiger partial charge in [-0.15, -0.1) is 0 Å². The number of nitrogens with zero attached hydrogens (tertiary/aromatic N) is 2. The van der Waals surface area contributed by atoms with Crippen LogP contribution in [0.15, 0.2) is 41.0 Å². The molecular weight excluding hydrogens is 412 g/mol. The largest absolute Gasteiger partial charge is 0.467 e. The van der Waals surface area contributed by atoms with Crippen LogP contribution in [0.3, 0.4) is 0 Å². The molecule has 0 saturated carbocycles. The zero-order valence-corrected chi connectivity index (χ0v) is 18.5. The van der Waals surface area contributed by atoms with Crippen molar-refractivity contribution in [2.24, 2.45) is 0 Å². The van der Waals surface area contributed by atoms with E-state index in [0.717, 1.165) is 32.3 Å². The second-order valence-corrected chi connectivity index (χ2v) is 8.14. The number of rotatable bonds is 10. The summed E-state index contributed by atoms with van der Waals surface area (Å²) in [7, 11) is 0. The summed E-state index contributed by atoms with van der Waals surface area (Å²) < 4.78 is 22.0. The van der Waals surface area contributed by atoms with E-state index in [-0.39, 0.29) is 31.3 Å². The van der Waals surface area contributed by atoms with Crippen molar-refractivity contribution in [2.45, 2.75) is 45.3 Å². The molecule has 2 amide bonds. The molecule has 0 aliphatic carbocycles. The molecule has 8 nitrogen and oxygen atoms in total. The smallest absolute Gasteiger partial charge is 0.254 e. The zero-order chi connectivity index (χ0) is 22.3. The molecule has 8 heteroatoms. The van der Waals surface area contributed by atoms with Crippen molar-refractivity contribution in [1.29, 1.82) is 0 Å². The van der Waals surface area contributed by atoms with Crippen LogP contribution < -0.4 is 9.47 Å². The fraction of sp³-hybridized carbons (Fsp3) is 0.500. The van der Waals surface area contributed by atoms with Crippen LogP contribution in [-0.2, 0) is 16.1 Å². The van der Waals surface area contributed by atoms with Gasteiger partial charge in [-0.25, -0.2) is 0 Å². The molecule has 1 unspecified atom stereocenters. The van der Waals surface area contributed by atoms with Gasteiger partial charge in [0.05, 0.1) is 18.9 Å². The maximum absolute atomic E-state index is 13.3. The second kappa shape index (κ2) is 10.5. The number of benzene rings is 1. The molecule has 2 aromatic rings. The Morgan fingerprint density at radius 2 is 2.00 bits per heavy atom. The number of hydrogen-bond acceptors (Lipinski definition) is 6. The predicted octanol–water partition coefficient (Wildman–Crippen LogP) is 3.46. The lowest BCUT2D eigenvalue weighted by molar-refractivity contribution is -0.134. The van der Waals surface area contributed by atoms with Gasteiger partial charge in [0.25, 0.3) is 5.91 Å². The normalized spacial score (nSPS) is 16.8. The third-order valence-corrected chi connectivity index (χ3v) is 5.74. The lowest BCUT2D eigenvalue weighted by Crippen LogP contribution is -2.45. The van der Waals surface area contributed by atoms with Crippen LogP contribution in [0.5, 0.6) is 11.5 Å². The van der Waals surface area contributed by atoms with Crippen molar-refractivity contribution in [3.05, 3.63) is 47.9 Å². The van der Waals surface area contributed by atoms with Gasteiger partial charge in [-0.1, -0.05) is 13.3 Å². The Morgan fingerprint density at radius 1 is 1.12 bits per heavy atom. The molecule has 0 bridgehead atoms. The van der Waals surface area contributed by atoms with Crippen LogP contribution in [0.1, 0.15) is 48.7 Å². The van der Waals surface area contributed by atoms with Gasteiger partial charge in [0.1, 0.15) is 12.3 Å². The van der Waals surface area contributed by atoms with Gasteiger partial charge in [0, 0.05) is 25.3 Å². The van der Waals surface area contributed by atoms with E-state index in [1.807, 2.05) is 6.07 Å². The van der Waals surface area contributed by atoms with Crippen LogP contribution in [0.25, 0.3) is 0 Å². The highest BCUT2D eigenvalue weighted by atomic mass is 16.7. The number of carbonyl (C=O) groups excluding carboxylic acids is 2. The van der Waals surface area contributed by atoms with Crippen molar-refractivity contribution in [3.63, 3.8) is 0 Å². The number of unbranched alkanes of at least 4 members (excludes halogenated alkanes) is 1. The highest BCUT2D eigenvalue weighted by Crippen LogP contribution is 2.32. The standard InChI is InChI=1S/C24H30N2O6/c1-2-3-10-25(24(28)18-8-9-21-22(13-18)32-17-31-21)16-23(27)26(14-19-6-4-11-29-19)15-20-7-5-12-30-20/h4,6,8-9,11,13,20H,2-3,5,7,10,12,14-17H2,1H3. The van der Waals surface area contributed by atoms with E-state index in [1.54, 1.807) is 40.3 Å². The first-order valence-electron chi connectivity index (χ1n) is 11.2. The molecule has 1 aromatic heterocycles. The lowest BCUT2D eigenvalue weighted by Gasteiger charge is -2.29. The minimum atomic E-state index is -0.194. The summed E-state index contributed by atoms with van der Waals surface area (Å²) in [5, 5.41) is 0. The van der Waals surface area contributed by atoms with Crippen molar-refractivity contribution in [3.8, 4) is 11.5 Å². The van der Waals surface area contributed by atoms with E-state index in [2.05, 4.69) is 6.92 Å². The van der Waals surface area contributed by atoms with Crippen LogP contribution in [0.2, 0.25) is 0 Å². The Hall–Kier alpha value is -3.00. The number of carbonyl (C=O) groups is 2. The summed E-state index contributed by atoms with van der Waals surface area (Å²) in [6.45, 7) is 4.27. The minimum absolute atomic E-state index is 0.000698. The van der Waals surface area contributed by atoms with Gasteiger partial charge >= 0.3 is 0 Å². The molecule has 4 rings (SSSR count). The number of fused-ring (bicyclic) bond motifs is 1. The Balaban J connectivity index is 1.48. The Kier molecular flexibility index (Phi) is 7.32. The zero-order valence-electron chi connectivity index (χ0n) is 18.5. The molecule has 172 valence electrons. The van der Waals surface area contributed by atoms with Gasteiger partial charge < -0.3 is 28.4 Å². The number of amides is 2. The van der Waals surface area contributed by atoms with Gasteiger partial charge in [0.15, 0.2) is 11.5 Å². The predicted molar refractivity (Wildman–Crippen MR) is 116 cm³/mol. The van der Waals surface area contributed by atoms with Crippen molar-refractivity contribution >= 4 is 11.8 Å². The van der Waals surface area contributed by atoms with E-state index in [4.69, 9.17) is 18.6 Å². The fourth-order valence-electron chi connectivity index (χ4n) is 3.96. The van der Waals surface area contributed by atoms with Crippen LogP contribution in [-0.4, -0.2) is 60.8 Å². The Bertz CT molecular complexity index is 907. The van der Waals surface area contributed by atoms with Crippen molar-refractivity contribution in [2.75, 3.05) is 33.0 Å². The van der Waals surface area contributed by atoms with Gasteiger partial charge in [-0.3, -0.25) is 9.59 Å². The number of hydrogen-bond donors (Lipinski definition) is 0. The van der Waals surface area contributed by atoms with E-state index < -0.39 is 0 Å². The molecule has 1 saturated heterocycles. The summed E-state index contributed by atoms with van der Waals surface area (Å²) in [6, 6.07) is 8.78. The first-order valence-corrected chi connectivity index (χ1v) is 11.2. The third-order valence-electron chi connectivity index (χ3n) is 5.74. The van der Waals surface area contributed by atoms with Crippen molar-refractivity contribution < 1.29 is 28.2 Å². The fourth-order valence-corrected chi connectivity index (χ4v) is 3.96. The minimum Gasteiger partial charge on any atom is -0.467 e. The monoisotopic (exact) mass is 442 g/mol. The average Bonchev–Trinajstić information content (AvgIpc) is 3.58. The third kappa shape index (κ3) is 5.43. The summed E-state index contributed by atoms with van der Waals surface area (Å²) >= 11 is 0. The Labute approximate surface area is 188 Å². The molecule has 1 atom stereocenters. The van der Waals surface area contributed by atoms with Crippen LogP contribution in [0, 0.1) is 0 Å². The summed E-state index contributed by atoms with van der Waals surface area (Å²) in [4.78, 5) is 30.0. The highest BCUT2D eigenvalue weighted by molar-refractivity contribution is 5.97.